The Labute approximate surface area is 561 Å². The largest absolute Gasteiger partial charge is 0.465 e. The maximum absolute atomic E-state index is 13.7. The van der Waals surface area contributed by atoms with Crippen LogP contribution < -0.4 is 5.73 Å². The lowest BCUT2D eigenvalue weighted by Crippen LogP contribution is -2.54. The summed E-state index contributed by atoms with van der Waals surface area (Å²) >= 11 is 6.41. The molecular weight excluding hydrogens is 1290 g/mol. The molecule has 18 heteroatoms. The Bertz CT molecular complexity index is 3270. The third-order valence-corrected chi connectivity index (χ3v) is 28.1. The third-order valence-electron chi connectivity index (χ3n) is 27.2. The summed E-state index contributed by atoms with van der Waals surface area (Å²) in [5.41, 5.74) is 10.9. The van der Waals surface area contributed by atoms with Crippen molar-refractivity contribution in [2.45, 2.75) is 215 Å². The zero-order chi connectivity index (χ0) is 64.3. The number of alkyl halides is 2. The van der Waals surface area contributed by atoms with Gasteiger partial charge in [-0.2, -0.15) is 0 Å². The Balaban J connectivity index is 0.589. The van der Waals surface area contributed by atoms with Crippen molar-refractivity contribution in [1.82, 2.24) is 34.6 Å². The second-order valence-electron chi connectivity index (χ2n) is 31.6. The van der Waals surface area contributed by atoms with Crippen LogP contribution in [0.2, 0.25) is 0 Å². The highest BCUT2D eigenvalue weighted by atomic mass is 79.9. The summed E-state index contributed by atoms with van der Waals surface area (Å²) in [6.07, 6.45) is 29.2. The van der Waals surface area contributed by atoms with Gasteiger partial charge in [-0.3, -0.25) is 19.2 Å². The maximum Gasteiger partial charge on any atom is 0.328 e. The molecule has 92 heavy (non-hydrogen) atoms. The molecule has 16 nitrogen and oxygen atoms in total. The standard InChI is InChI=1S/C74H102Br2N8O8/c1-45(9-7-33-89-67(85)39-75)57-19-21-59-55-17-13-49-37-51(23-27-71(49,3)61(55)25-29-73(57,59)5)91-69(87)43-82-41-63(78-80-82)47-11-15-53-54-16-12-48(36-66(54)84(32-31-77)65(53)35-47)64-42-83(81-79-64)44-70(88)92-52-24-28-72(4)50(38-52)14-18-56-60-22-20-58(74(60,6)30-26-62(56)72)46(2)10-8-34-90-68(86)40-76/h11-12,15-16,35-36,41-42,45-46,49-52,55-62H,7-10,13-14,17-34,37-40,43-44,77H2,1-6H3/p+1/t45-,46-,49-,50+,51-,52-,55+,56+,57?,58?,59+,60+,61?,62?,71?,72?,73?,74?/m1/s1. The lowest BCUT2D eigenvalue weighted by atomic mass is 9.44. The van der Waals surface area contributed by atoms with Gasteiger partial charge in [-0.25, -0.2) is 9.36 Å². The van der Waals surface area contributed by atoms with Crippen molar-refractivity contribution < 1.29 is 43.9 Å². The summed E-state index contributed by atoms with van der Waals surface area (Å²) in [5, 5.41) is 20.8. The molecule has 3 aromatic heterocycles. The normalized spacial score (nSPS) is 34.6. The summed E-state index contributed by atoms with van der Waals surface area (Å²) in [6, 6.07) is 12.8. The number of aromatic nitrogens is 7. The number of halogens is 2. The van der Waals surface area contributed by atoms with E-state index in [0.717, 1.165) is 144 Å². The topological polar surface area (TPSA) is 199 Å². The summed E-state index contributed by atoms with van der Waals surface area (Å²) in [6.45, 7) is 17.8. The molecule has 8 saturated carbocycles. The van der Waals surface area contributed by atoms with E-state index in [0.29, 0.717) is 72.2 Å². The van der Waals surface area contributed by atoms with Gasteiger partial charge in [-0.1, -0.05) is 108 Å². The van der Waals surface area contributed by atoms with Crippen LogP contribution in [-0.4, -0.2) is 101 Å². The molecule has 2 aromatic carbocycles. The van der Waals surface area contributed by atoms with Crippen LogP contribution in [0, 0.1) is 92.7 Å². The van der Waals surface area contributed by atoms with Gasteiger partial charge in [0.15, 0.2) is 0 Å². The number of carbonyl (C=O) groups is 4. The fraction of sp³-hybridized carbons (Fsp3) is 0.730. The maximum atomic E-state index is 13.7. The van der Waals surface area contributed by atoms with Gasteiger partial charge >= 0.3 is 23.9 Å². The first-order valence-electron chi connectivity index (χ1n) is 35.8. The van der Waals surface area contributed by atoms with Gasteiger partial charge in [0.25, 0.3) is 0 Å². The molecule has 8 aliphatic carbocycles. The number of rotatable bonds is 22. The molecule has 18 atom stereocenters. The van der Waals surface area contributed by atoms with Crippen molar-refractivity contribution in [1.29, 1.82) is 0 Å². The number of fused-ring (bicyclic) bond motifs is 13. The molecule has 0 spiro atoms. The van der Waals surface area contributed by atoms with Crippen LogP contribution in [0.1, 0.15) is 183 Å². The monoisotopic (exact) mass is 1390 g/mol. The van der Waals surface area contributed by atoms with Crippen LogP contribution in [0.25, 0.3) is 44.3 Å². The lowest BCUT2D eigenvalue weighted by molar-refractivity contribution is -0.369. The molecule has 8 fully saturated rings. The van der Waals surface area contributed by atoms with Crippen LogP contribution >= 0.6 is 31.9 Å². The van der Waals surface area contributed by atoms with E-state index in [4.69, 9.17) is 18.9 Å². The van der Waals surface area contributed by atoms with Crippen molar-refractivity contribution in [3.8, 4) is 22.5 Å². The number of esters is 4. The smallest absolute Gasteiger partial charge is 0.328 e. The van der Waals surface area contributed by atoms with Crippen LogP contribution in [0.3, 0.4) is 0 Å². The number of nitrogens with zero attached hydrogens (tertiary/aromatic N) is 7. The predicted molar refractivity (Wildman–Crippen MR) is 362 cm³/mol. The number of carbonyl (C=O) groups excluding carboxylic acids is 4. The minimum absolute atomic E-state index is 0.0169. The van der Waals surface area contributed by atoms with Gasteiger partial charge < -0.3 is 29.2 Å². The van der Waals surface area contributed by atoms with Crippen molar-refractivity contribution in [2.75, 3.05) is 30.4 Å². The van der Waals surface area contributed by atoms with E-state index in [1.807, 2.05) is 12.4 Å². The second kappa shape index (κ2) is 27.1. The number of benzene rings is 2. The molecule has 13 rings (SSSR count). The molecule has 3 heterocycles. The van der Waals surface area contributed by atoms with Crippen LogP contribution in [0.15, 0.2) is 48.8 Å². The number of hydrogen-bond acceptors (Lipinski definition) is 12. The van der Waals surface area contributed by atoms with E-state index in [1.165, 1.54) is 77.0 Å². The molecule has 500 valence electrons. The number of quaternary nitrogens is 1. The summed E-state index contributed by atoms with van der Waals surface area (Å²) in [4.78, 5) is 50.7. The van der Waals surface area contributed by atoms with Crippen molar-refractivity contribution in [2.24, 2.45) is 92.7 Å². The Morgan fingerprint density at radius 1 is 0.554 bits per heavy atom. The van der Waals surface area contributed by atoms with E-state index >= 15 is 0 Å². The van der Waals surface area contributed by atoms with Crippen LogP contribution in [-0.2, 0) is 57.8 Å². The second-order valence-corrected chi connectivity index (χ2v) is 32.7. The van der Waals surface area contributed by atoms with Crippen molar-refractivity contribution >= 4 is 77.5 Å². The summed E-state index contributed by atoms with van der Waals surface area (Å²) in [7, 11) is 0. The first-order chi connectivity index (χ1) is 44.3. The highest BCUT2D eigenvalue weighted by Gasteiger charge is 2.63. The SMILES string of the molecule is C[C@H](CCCOC(=O)CBr)C1CC[C@H]2[C@@H]3CC[C@@H]4C[C@H](OC(=O)Cn5cc(-c6ccc7c8ccc(-c9cn(CC(=O)O[C@@H]%10CCC%11(C)C%12CCC%13(C)C([C@H](C)CCCOC(=O)CBr)CC[C@H]%13[C@@H]%12CC[C@H]%11C%10)nn9)cc8n(CC[NH3+])c7c6)nn5)CCC4(C)C3CCC12C. The molecule has 5 aromatic rings. The van der Waals surface area contributed by atoms with Gasteiger partial charge in [-0.05, 0) is 246 Å². The van der Waals surface area contributed by atoms with E-state index < -0.39 is 0 Å². The third kappa shape index (κ3) is 12.5. The average molecular weight is 1390 g/mol. The van der Waals surface area contributed by atoms with Gasteiger partial charge in [0.1, 0.15) is 47.3 Å². The first kappa shape index (κ1) is 66.0. The first-order valence-corrected chi connectivity index (χ1v) is 38.1. The van der Waals surface area contributed by atoms with Gasteiger partial charge in [0.05, 0.1) is 38.7 Å². The molecule has 0 radical (unpaired) electrons. The summed E-state index contributed by atoms with van der Waals surface area (Å²) in [5.74, 6) is 7.63. The average Bonchev–Trinajstić information content (AvgIpc) is 1.31. The fourth-order valence-corrected chi connectivity index (χ4v) is 23.1. The zero-order valence-electron chi connectivity index (χ0n) is 55.8. The van der Waals surface area contributed by atoms with Gasteiger partial charge in [0.2, 0.25) is 0 Å². The lowest BCUT2D eigenvalue weighted by Gasteiger charge is -2.61. The Morgan fingerprint density at radius 3 is 1.40 bits per heavy atom. The quantitative estimate of drug-likeness (QED) is 0.0298. The summed E-state index contributed by atoms with van der Waals surface area (Å²) < 4.78 is 28.9. The molecule has 0 amide bonds. The molecule has 0 saturated heterocycles. The van der Waals surface area contributed by atoms with Crippen LogP contribution in [0.5, 0.6) is 0 Å². The van der Waals surface area contributed by atoms with E-state index in [1.54, 1.807) is 9.36 Å². The number of hydrogen-bond donors (Lipinski definition) is 1. The van der Waals surface area contributed by atoms with Crippen LogP contribution in [0.4, 0.5) is 0 Å². The highest BCUT2D eigenvalue weighted by Crippen LogP contribution is 2.70. The highest BCUT2D eigenvalue weighted by molar-refractivity contribution is 9.09. The predicted octanol–water partition coefficient (Wildman–Crippen LogP) is 14.4. The Hall–Kier alpha value is -4.68. The number of ether oxygens (including phenoxy) is 4. The molecule has 0 aliphatic heterocycles. The van der Waals surface area contributed by atoms with Crippen molar-refractivity contribution in [3.05, 3.63) is 48.8 Å². The molecular formula is C74H103Br2N8O8+. The minimum atomic E-state index is -0.256. The zero-order valence-corrected chi connectivity index (χ0v) is 58.9. The van der Waals surface area contributed by atoms with Gasteiger partial charge in [-0.15, -0.1) is 10.2 Å². The van der Waals surface area contributed by atoms with E-state index in [2.05, 4.69) is 141 Å². The van der Waals surface area contributed by atoms with E-state index in [9.17, 15) is 19.2 Å². The van der Waals surface area contributed by atoms with Gasteiger partial charge in [0, 0.05) is 32.9 Å². The Kier molecular flexibility index (Phi) is 19.4. The molecule has 3 N–H and O–H groups in total. The molecule has 0 bridgehead atoms. The fourth-order valence-electron chi connectivity index (χ4n) is 22.8. The minimum Gasteiger partial charge on any atom is -0.465 e. The Morgan fingerprint density at radius 2 is 0.978 bits per heavy atom. The van der Waals surface area contributed by atoms with Crippen molar-refractivity contribution in [3.63, 3.8) is 0 Å². The molecule has 8 aliphatic rings. The molecule has 8 unspecified atom stereocenters. The van der Waals surface area contributed by atoms with E-state index in [-0.39, 0.29) is 70.7 Å².